The van der Waals surface area contributed by atoms with E-state index in [2.05, 4.69) is 25.2 Å². The molecular formula is C18H22FNO. The van der Waals surface area contributed by atoms with Crippen LogP contribution in [0.25, 0.3) is 0 Å². The molecule has 0 saturated carbocycles. The quantitative estimate of drug-likeness (QED) is 0.736. The lowest BCUT2D eigenvalue weighted by atomic mass is 9.98. The Kier molecular flexibility index (Phi) is 5.61. The predicted molar refractivity (Wildman–Crippen MR) is 85.5 cm³/mol. The smallest absolute Gasteiger partial charge is 0.125 e. The van der Waals surface area contributed by atoms with Crippen LogP contribution in [0, 0.1) is 5.82 Å². The molecule has 0 saturated heterocycles. The zero-order valence-electron chi connectivity index (χ0n) is 12.6. The first-order valence-corrected chi connectivity index (χ1v) is 7.42. The van der Waals surface area contributed by atoms with Gasteiger partial charge in [-0.2, -0.15) is 0 Å². The van der Waals surface area contributed by atoms with Crippen molar-refractivity contribution in [1.82, 2.24) is 0 Å². The average molecular weight is 287 g/mol. The number of benzene rings is 2. The molecule has 0 bridgehead atoms. The summed E-state index contributed by atoms with van der Waals surface area (Å²) in [6, 6.07) is 14.6. The van der Waals surface area contributed by atoms with Gasteiger partial charge in [-0.1, -0.05) is 38.1 Å². The van der Waals surface area contributed by atoms with Gasteiger partial charge in [0.25, 0.3) is 0 Å². The first-order chi connectivity index (χ1) is 10.2. The van der Waals surface area contributed by atoms with Crippen molar-refractivity contribution in [3.63, 3.8) is 0 Å². The van der Waals surface area contributed by atoms with Gasteiger partial charge in [0.05, 0.1) is 0 Å². The number of nitrogens with one attached hydrogen (secondary N) is 1. The molecular weight excluding hydrogens is 265 g/mol. The molecule has 0 fully saturated rings. The van der Waals surface area contributed by atoms with E-state index < -0.39 is 0 Å². The molecule has 0 aliphatic heterocycles. The first-order valence-electron chi connectivity index (χ1n) is 7.42. The molecule has 2 aromatic rings. The van der Waals surface area contributed by atoms with Gasteiger partial charge in [0.15, 0.2) is 0 Å². The highest BCUT2D eigenvalue weighted by molar-refractivity contribution is 5.43. The van der Waals surface area contributed by atoms with Crippen LogP contribution in [0.2, 0.25) is 0 Å². The highest BCUT2D eigenvalue weighted by atomic mass is 19.1. The number of para-hydroxylation sites is 1. The van der Waals surface area contributed by atoms with E-state index >= 15 is 0 Å². The number of anilines is 1. The van der Waals surface area contributed by atoms with Crippen LogP contribution in [0.3, 0.4) is 0 Å². The van der Waals surface area contributed by atoms with E-state index in [-0.39, 0.29) is 5.82 Å². The van der Waals surface area contributed by atoms with Crippen molar-refractivity contribution >= 4 is 5.69 Å². The number of ether oxygens (including phenoxy) is 1. The Hall–Kier alpha value is -2.03. The molecule has 2 nitrogen and oxygen atoms in total. The second kappa shape index (κ2) is 7.67. The van der Waals surface area contributed by atoms with Gasteiger partial charge in [0.2, 0.25) is 0 Å². The summed E-state index contributed by atoms with van der Waals surface area (Å²) in [5.74, 6) is 1.19. The van der Waals surface area contributed by atoms with E-state index in [0.717, 1.165) is 17.9 Å². The molecule has 0 radical (unpaired) electrons. The van der Waals surface area contributed by atoms with Crippen LogP contribution < -0.4 is 10.1 Å². The summed E-state index contributed by atoms with van der Waals surface area (Å²) in [4.78, 5) is 0. The third-order valence-electron chi connectivity index (χ3n) is 3.58. The molecule has 0 spiro atoms. The standard InChI is InChI=1S/C18H22FNO/c1-3-14(2)17-9-4-5-10-18(17)21-12-11-20-16-8-6-7-15(19)13-16/h4-10,13-14,20H,3,11-12H2,1-2H3. The van der Waals surface area contributed by atoms with Gasteiger partial charge < -0.3 is 10.1 Å². The van der Waals surface area contributed by atoms with Crippen LogP contribution >= 0.6 is 0 Å². The lowest BCUT2D eigenvalue weighted by Crippen LogP contribution is -2.12. The summed E-state index contributed by atoms with van der Waals surface area (Å²) in [5, 5.41) is 3.15. The Labute approximate surface area is 126 Å². The van der Waals surface area contributed by atoms with Crippen molar-refractivity contribution in [2.24, 2.45) is 0 Å². The molecule has 0 heterocycles. The number of hydrogen-bond donors (Lipinski definition) is 1. The maximum atomic E-state index is 13.1. The molecule has 2 rings (SSSR count). The molecule has 0 amide bonds. The highest BCUT2D eigenvalue weighted by Gasteiger charge is 2.09. The normalized spacial score (nSPS) is 12.0. The van der Waals surface area contributed by atoms with E-state index in [1.54, 1.807) is 6.07 Å². The minimum absolute atomic E-state index is 0.233. The third kappa shape index (κ3) is 4.48. The minimum atomic E-state index is -0.233. The van der Waals surface area contributed by atoms with Crippen LogP contribution in [-0.4, -0.2) is 13.2 Å². The molecule has 1 unspecified atom stereocenters. The SMILES string of the molecule is CCC(C)c1ccccc1OCCNc1cccc(F)c1. The van der Waals surface area contributed by atoms with E-state index in [0.29, 0.717) is 19.1 Å². The van der Waals surface area contributed by atoms with Gasteiger partial charge in [-0.25, -0.2) is 4.39 Å². The van der Waals surface area contributed by atoms with Gasteiger partial charge in [-0.05, 0) is 42.2 Å². The maximum Gasteiger partial charge on any atom is 0.125 e. The lowest BCUT2D eigenvalue weighted by Gasteiger charge is -2.16. The molecule has 0 aromatic heterocycles. The Morgan fingerprint density at radius 2 is 1.95 bits per heavy atom. The fraction of sp³-hybridized carbons (Fsp3) is 0.333. The zero-order valence-corrected chi connectivity index (χ0v) is 12.6. The fourth-order valence-electron chi connectivity index (χ4n) is 2.19. The molecule has 0 aliphatic rings. The first kappa shape index (κ1) is 15.4. The highest BCUT2D eigenvalue weighted by Crippen LogP contribution is 2.28. The van der Waals surface area contributed by atoms with Crippen LogP contribution in [0.1, 0.15) is 31.7 Å². The third-order valence-corrected chi connectivity index (χ3v) is 3.58. The monoisotopic (exact) mass is 287 g/mol. The number of halogens is 1. The van der Waals surface area contributed by atoms with Crippen molar-refractivity contribution in [3.05, 3.63) is 59.9 Å². The van der Waals surface area contributed by atoms with Crippen molar-refractivity contribution in [2.75, 3.05) is 18.5 Å². The molecule has 3 heteroatoms. The Morgan fingerprint density at radius 1 is 1.14 bits per heavy atom. The molecule has 21 heavy (non-hydrogen) atoms. The number of rotatable bonds is 7. The summed E-state index contributed by atoms with van der Waals surface area (Å²) >= 11 is 0. The number of hydrogen-bond acceptors (Lipinski definition) is 2. The van der Waals surface area contributed by atoms with Crippen molar-refractivity contribution < 1.29 is 9.13 Å². The Bertz CT molecular complexity index is 571. The predicted octanol–water partition coefficient (Wildman–Crippen LogP) is 4.83. The van der Waals surface area contributed by atoms with Gasteiger partial charge in [0.1, 0.15) is 18.2 Å². The van der Waals surface area contributed by atoms with Crippen molar-refractivity contribution in [3.8, 4) is 5.75 Å². The molecule has 0 aliphatic carbocycles. The Balaban J connectivity index is 1.86. The summed E-state index contributed by atoms with van der Waals surface area (Å²) in [7, 11) is 0. The summed E-state index contributed by atoms with van der Waals surface area (Å²) in [6.45, 7) is 5.56. The topological polar surface area (TPSA) is 21.3 Å². The van der Waals surface area contributed by atoms with E-state index in [1.807, 2.05) is 24.3 Å². The van der Waals surface area contributed by atoms with Gasteiger partial charge >= 0.3 is 0 Å². The average Bonchev–Trinajstić information content (AvgIpc) is 2.51. The molecule has 1 N–H and O–H groups in total. The second-order valence-corrected chi connectivity index (χ2v) is 5.13. The zero-order chi connectivity index (χ0) is 15.1. The molecule has 112 valence electrons. The molecule has 2 aromatic carbocycles. The van der Waals surface area contributed by atoms with E-state index in [9.17, 15) is 4.39 Å². The van der Waals surface area contributed by atoms with Crippen LogP contribution in [0.4, 0.5) is 10.1 Å². The minimum Gasteiger partial charge on any atom is -0.491 e. The van der Waals surface area contributed by atoms with Crippen molar-refractivity contribution in [1.29, 1.82) is 0 Å². The largest absolute Gasteiger partial charge is 0.491 e. The summed E-state index contributed by atoms with van der Waals surface area (Å²) < 4.78 is 18.9. The van der Waals surface area contributed by atoms with Crippen LogP contribution in [-0.2, 0) is 0 Å². The van der Waals surface area contributed by atoms with Crippen LogP contribution in [0.5, 0.6) is 5.75 Å². The maximum absolute atomic E-state index is 13.1. The van der Waals surface area contributed by atoms with Gasteiger partial charge in [-0.3, -0.25) is 0 Å². The van der Waals surface area contributed by atoms with E-state index in [1.165, 1.54) is 17.7 Å². The van der Waals surface area contributed by atoms with Gasteiger partial charge in [0, 0.05) is 12.2 Å². The Morgan fingerprint density at radius 3 is 2.71 bits per heavy atom. The lowest BCUT2D eigenvalue weighted by molar-refractivity contribution is 0.327. The van der Waals surface area contributed by atoms with Gasteiger partial charge in [-0.15, -0.1) is 0 Å². The second-order valence-electron chi connectivity index (χ2n) is 5.13. The van der Waals surface area contributed by atoms with Crippen LogP contribution in [0.15, 0.2) is 48.5 Å². The molecule has 1 atom stereocenters. The fourth-order valence-corrected chi connectivity index (χ4v) is 2.19. The van der Waals surface area contributed by atoms with Crippen molar-refractivity contribution in [2.45, 2.75) is 26.2 Å². The summed E-state index contributed by atoms with van der Waals surface area (Å²) in [6.07, 6.45) is 1.09. The summed E-state index contributed by atoms with van der Waals surface area (Å²) in [5.41, 5.74) is 2.01. The van der Waals surface area contributed by atoms with E-state index in [4.69, 9.17) is 4.74 Å².